The maximum Gasteiger partial charge on any atom is 0.266 e. The van der Waals surface area contributed by atoms with E-state index in [0.29, 0.717) is 21.1 Å². The molecule has 2 aromatic heterocycles. The van der Waals surface area contributed by atoms with E-state index in [-0.39, 0.29) is 23.3 Å². The van der Waals surface area contributed by atoms with E-state index in [4.69, 9.17) is 16.6 Å². The zero-order valence-corrected chi connectivity index (χ0v) is 20.4. The lowest BCUT2D eigenvalue weighted by molar-refractivity contribution is -0.129. The minimum absolute atomic E-state index is 0.0622. The molecule has 168 valence electrons. The van der Waals surface area contributed by atoms with Gasteiger partial charge >= 0.3 is 0 Å². The van der Waals surface area contributed by atoms with Crippen LogP contribution in [-0.2, 0) is 4.79 Å². The molecule has 1 aliphatic rings. The van der Waals surface area contributed by atoms with E-state index in [1.807, 2.05) is 42.2 Å². The number of likely N-dealkylation sites (tertiary alicyclic amines) is 1. The minimum atomic E-state index is -0.171. The van der Waals surface area contributed by atoms with Crippen molar-refractivity contribution >= 4 is 51.5 Å². The Kier molecular flexibility index (Phi) is 6.27. The molecule has 5 nitrogen and oxygen atoms in total. The number of benzene rings is 2. The molecule has 0 aliphatic carbocycles. The molecule has 1 atom stereocenters. The molecule has 1 unspecified atom stereocenters. The normalized spacial score (nSPS) is 15.9. The van der Waals surface area contributed by atoms with Crippen LogP contribution < -0.4 is 5.56 Å². The van der Waals surface area contributed by atoms with E-state index in [1.54, 1.807) is 34.1 Å². The summed E-state index contributed by atoms with van der Waals surface area (Å²) in [5.74, 6) is 0.277. The molecular weight excluding hydrogens is 474 g/mol. The number of aromatic nitrogens is 2. The van der Waals surface area contributed by atoms with Crippen molar-refractivity contribution in [2.45, 2.75) is 31.0 Å². The minimum Gasteiger partial charge on any atom is -0.334 e. The molecule has 0 spiro atoms. The topological polar surface area (TPSA) is 55.2 Å². The van der Waals surface area contributed by atoms with Gasteiger partial charge < -0.3 is 4.90 Å². The molecule has 3 heterocycles. The maximum atomic E-state index is 13.5. The number of aryl methyl sites for hydroxylation is 1. The van der Waals surface area contributed by atoms with Crippen LogP contribution in [0.1, 0.15) is 29.3 Å². The van der Waals surface area contributed by atoms with Crippen LogP contribution in [0.25, 0.3) is 16.6 Å². The highest BCUT2D eigenvalue weighted by atomic mass is 35.5. The molecule has 1 amide bonds. The van der Waals surface area contributed by atoms with Crippen LogP contribution in [-0.4, -0.2) is 32.7 Å². The van der Waals surface area contributed by atoms with Crippen LogP contribution in [0.4, 0.5) is 0 Å². The number of thioether (sulfide) groups is 1. The first-order chi connectivity index (χ1) is 16.0. The fourth-order valence-corrected chi connectivity index (χ4v) is 6.22. The van der Waals surface area contributed by atoms with Gasteiger partial charge in [0, 0.05) is 16.4 Å². The molecule has 0 saturated carbocycles. The second kappa shape index (κ2) is 9.33. The molecule has 8 heteroatoms. The second-order valence-electron chi connectivity index (χ2n) is 8.08. The Bertz CT molecular complexity index is 1380. The van der Waals surface area contributed by atoms with Crippen molar-refractivity contribution in [3.8, 4) is 5.69 Å². The van der Waals surface area contributed by atoms with Gasteiger partial charge in [-0.05, 0) is 67.1 Å². The molecule has 5 rings (SSSR count). The summed E-state index contributed by atoms with van der Waals surface area (Å²) < 4.78 is 1.60. The molecule has 4 aromatic rings. The number of nitrogens with zero attached hydrogens (tertiary/aromatic N) is 3. The van der Waals surface area contributed by atoms with Crippen LogP contribution in [0.3, 0.4) is 0 Å². The van der Waals surface area contributed by atoms with Crippen LogP contribution in [0, 0.1) is 6.92 Å². The van der Waals surface area contributed by atoms with Crippen molar-refractivity contribution in [3.63, 3.8) is 0 Å². The molecule has 0 N–H and O–H groups in total. The quantitative estimate of drug-likeness (QED) is 0.257. The Morgan fingerprint density at radius 1 is 1.21 bits per heavy atom. The van der Waals surface area contributed by atoms with Crippen LogP contribution in [0.5, 0.6) is 0 Å². The number of rotatable bonds is 5. The molecule has 1 fully saturated rings. The molecule has 2 aromatic carbocycles. The second-order valence-corrected chi connectivity index (χ2v) is 10.4. The molecule has 1 aliphatic heterocycles. The average Bonchev–Trinajstić information content (AvgIpc) is 3.49. The van der Waals surface area contributed by atoms with E-state index >= 15 is 0 Å². The highest BCUT2D eigenvalue weighted by molar-refractivity contribution is 7.99. The van der Waals surface area contributed by atoms with Gasteiger partial charge in [-0.25, -0.2) is 4.98 Å². The van der Waals surface area contributed by atoms with Crippen molar-refractivity contribution in [1.82, 2.24) is 14.5 Å². The number of hydrogen-bond donors (Lipinski definition) is 0. The Labute approximate surface area is 205 Å². The number of hydrogen-bond acceptors (Lipinski definition) is 5. The summed E-state index contributed by atoms with van der Waals surface area (Å²) in [6.07, 6.45) is 1.98. The van der Waals surface area contributed by atoms with Gasteiger partial charge in [-0.1, -0.05) is 41.6 Å². The van der Waals surface area contributed by atoms with Gasteiger partial charge in [0.2, 0.25) is 5.91 Å². The Balaban J connectivity index is 1.50. The van der Waals surface area contributed by atoms with Gasteiger partial charge in [0.1, 0.15) is 0 Å². The first-order valence-corrected chi connectivity index (χ1v) is 13.0. The average molecular weight is 496 g/mol. The fraction of sp³-hybridized carbons (Fsp3) is 0.240. The van der Waals surface area contributed by atoms with Crippen LogP contribution in [0.2, 0.25) is 5.02 Å². The fourth-order valence-electron chi connectivity index (χ4n) is 4.28. The van der Waals surface area contributed by atoms with Crippen molar-refractivity contribution in [3.05, 3.63) is 85.8 Å². The predicted octanol–water partition coefficient (Wildman–Crippen LogP) is 5.86. The smallest absolute Gasteiger partial charge is 0.266 e. The number of thiophene rings is 1. The van der Waals surface area contributed by atoms with Crippen LogP contribution >= 0.6 is 34.7 Å². The van der Waals surface area contributed by atoms with Gasteiger partial charge in [0.25, 0.3) is 5.56 Å². The third kappa shape index (κ3) is 4.45. The molecular formula is C25H22ClN3O2S2. The number of amides is 1. The predicted molar refractivity (Wildman–Crippen MR) is 136 cm³/mol. The molecule has 33 heavy (non-hydrogen) atoms. The van der Waals surface area contributed by atoms with Gasteiger partial charge in [-0.15, -0.1) is 11.3 Å². The lowest BCUT2D eigenvalue weighted by atomic mass is 10.2. The Morgan fingerprint density at radius 2 is 2.09 bits per heavy atom. The summed E-state index contributed by atoms with van der Waals surface area (Å²) in [7, 11) is 0. The molecule has 0 bridgehead atoms. The van der Waals surface area contributed by atoms with Crippen molar-refractivity contribution in [2.24, 2.45) is 0 Å². The van der Waals surface area contributed by atoms with Crippen molar-refractivity contribution < 1.29 is 4.79 Å². The van der Waals surface area contributed by atoms with E-state index in [9.17, 15) is 9.59 Å². The van der Waals surface area contributed by atoms with E-state index in [0.717, 1.165) is 30.6 Å². The monoisotopic (exact) mass is 495 g/mol. The number of carbonyl (C=O) groups excluding carboxylic acids is 1. The summed E-state index contributed by atoms with van der Waals surface area (Å²) >= 11 is 9.15. The zero-order valence-electron chi connectivity index (χ0n) is 18.0. The Hall–Kier alpha value is -2.61. The third-order valence-electron chi connectivity index (χ3n) is 5.83. The number of halogens is 1. The van der Waals surface area contributed by atoms with Gasteiger partial charge in [0.05, 0.1) is 28.4 Å². The summed E-state index contributed by atoms with van der Waals surface area (Å²) in [6.45, 7) is 2.74. The van der Waals surface area contributed by atoms with E-state index in [2.05, 4.69) is 11.4 Å². The SMILES string of the molecule is Cc1cccc(-n2c(SCC(=O)N3CCCC3c3cccs3)nc3cc(Cl)ccc3c2=O)c1. The summed E-state index contributed by atoms with van der Waals surface area (Å²) in [5, 5.41) is 3.55. The summed E-state index contributed by atoms with van der Waals surface area (Å²) in [5.41, 5.74) is 2.13. The van der Waals surface area contributed by atoms with Crippen molar-refractivity contribution in [2.75, 3.05) is 12.3 Å². The van der Waals surface area contributed by atoms with E-state index in [1.165, 1.54) is 16.6 Å². The highest BCUT2D eigenvalue weighted by Gasteiger charge is 2.30. The summed E-state index contributed by atoms with van der Waals surface area (Å²) in [6, 6.07) is 17.1. The third-order valence-corrected chi connectivity index (χ3v) is 7.96. The van der Waals surface area contributed by atoms with Gasteiger partial charge in [-0.3, -0.25) is 14.2 Å². The maximum absolute atomic E-state index is 13.5. The molecule has 0 radical (unpaired) electrons. The zero-order chi connectivity index (χ0) is 22.9. The highest BCUT2D eigenvalue weighted by Crippen LogP contribution is 2.35. The number of carbonyl (C=O) groups is 1. The largest absolute Gasteiger partial charge is 0.334 e. The van der Waals surface area contributed by atoms with Crippen LogP contribution in [0.15, 0.2) is 69.9 Å². The van der Waals surface area contributed by atoms with Gasteiger partial charge in [-0.2, -0.15) is 0 Å². The molecule has 1 saturated heterocycles. The van der Waals surface area contributed by atoms with Gasteiger partial charge in [0.15, 0.2) is 5.16 Å². The lowest BCUT2D eigenvalue weighted by Crippen LogP contribution is -2.32. The summed E-state index contributed by atoms with van der Waals surface area (Å²) in [4.78, 5) is 34.6. The number of fused-ring (bicyclic) bond motifs is 1. The van der Waals surface area contributed by atoms with E-state index < -0.39 is 0 Å². The van der Waals surface area contributed by atoms with Crippen molar-refractivity contribution in [1.29, 1.82) is 0 Å². The Morgan fingerprint density at radius 3 is 2.88 bits per heavy atom. The first kappa shape index (κ1) is 22.2. The standard InChI is InChI=1S/C25H22ClN3O2S2/c1-16-5-2-6-18(13-16)29-24(31)19-10-9-17(26)14-20(19)27-25(29)33-15-23(30)28-11-3-7-21(28)22-8-4-12-32-22/h2,4-6,8-10,12-14,21H,3,7,11,15H2,1H3. The first-order valence-electron chi connectivity index (χ1n) is 10.8. The lowest BCUT2D eigenvalue weighted by Gasteiger charge is -2.24.